The van der Waals surface area contributed by atoms with E-state index in [4.69, 9.17) is 37.9 Å². The molecule has 0 radical (unpaired) electrons. The second-order valence-electron chi connectivity index (χ2n) is 14.2. The summed E-state index contributed by atoms with van der Waals surface area (Å²) < 4.78 is 44.8. The average Bonchev–Trinajstić information content (AvgIpc) is 3.54. The molecule has 1 aliphatic carbocycles. The molecule has 1 aliphatic heterocycles. The Morgan fingerprint density at radius 3 is 1.80 bits per heavy atom. The van der Waals surface area contributed by atoms with Crippen LogP contribution in [0, 0.1) is 0 Å². The van der Waals surface area contributed by atoms with Gasteiger partial charge in [0.25, 0.3) is 0 Å². The van der Waals surface area contributed by atoms with Gasteiger partial charge in [-0.1, -0.05) is 78.9 Å². The molecule has 0 aromatic heterocycles. The van der Waals surface area contributed by atoms with E-state index in [1.54, 1.807) is 30.3 Å². The zero-order valence-electron chi connectivity index (χ0n) is 33.9. The molecule has 1 heterocycles. The zero-order valence-corrected chi connectivity index (χ0v) is 33.9. The summed E-state index contributed by atoms with van der Waals surface area (Å²) in [6.45, 7) is 3.28. The summed E-state index contributed by atoms with van der Waals surface area (Å²) in [5, 5.41) is 15.1. The predicted octanol–water partition coefficient (Wildman–Crippen LogP) is 4.15. The van der Waals surface area contributed by atoms with Gasteiger partial charge in [0.05, 0.1) is 6.10 Å². The van der Waals surface area contributed by atoms with Gasteiger partial charge in [-0.2, -0.15) is 0 Å². The molecule has 7 atom stereocenters. The Hall–Kier alpha value is -6.53. The molecule has 1 fully saturated rings. The number of hydrogen-bond donors (Lipinski definition) is 3. The largest absolute Gasteiger partial charge is 0.480 e. The van der Waals surface area contributed by atoms with E-state index in [1.165, 1.54) is 0 Å². The third kappa shape index (κ3) is 13.0. The topological polar surface area (TPSA) is 238 Å². The van der Waals surface area contributed by atoms with Crippen molar-refractivity contribution in [1.29, 1.82) is 0 Å². The quantitative estimate of drug-likeness (QED) is 0.120. The molecule has 0 spiro atoms. The summed E-state index contributed by atoms with van der Waals surface area (Å²) in [4.78, 5) is 87.3. The van der Waals surface area contributed by atoms with Crippen LogP contribution < -0.4 is 10.6 Å². The van der Waals surface area contributed by atoms with Gasteiger partial charge in [-0.3, -0.25) is 19.2 Å². The minimum Gasteiger partial charge on any atom is -0.480 e. The summed E-state index contributed by atoms with van der Waals surface area (Å²) in [5.74, 6) is -5.00. The number of fused-ring (bicyclic) bond motifs is 3. The molecule has 2 amide bonds. The first-order chi connectivity index (χ1) is 29.2. The van der Waals surface area contributed by atoms with Crippen LogP contribution in [-0.2, 0) is 68.5 Å². The lowest BCUT2D eigenvalue weighted by Gasteiger charge is -2.44. The van der Waals surface area contributed by atoms with E-state index in [1.807, 2.05) is 48.5 Å². The van der Waals surface area contributed by atoms with Crippen molar-refractivity contribution in [2.24, 2.45) is 0 Å². The molecule has 326 valence electrons. The number of carboxylic acids is 1. The lowest BCUT2D eigenvalue weighted by atomic mass is 9.97. The molecule has 2 aliphatic rings. The highest BCUT2D eigenvalue weighted by molar-refractivity contribution is 5.81. The number of esters is 4. The van der Waals surface area contributed by atoms with Crippen molar-refractivity contribution < 1.29 is 76.6 Å². The lowest BCUT2D eigenvalue weighted by molar-refractivity contribution is -0.316. The van der Waals surface area contributed by atoms with Crippen LogP contribution in [0.15, 0.2) is 78.9 Å². The van der Waals surface area contributed by atoms with Crippen molar-refractivity contribution in [3.8, 4) is 11.1 Å². The van der Waals surface area contributed by atoms with E-state index >= 15 is 0 Å². The van der Waals surface area contributed by atoms with E-state index in [0.29, 0.717) is 5.56 Å². The third-order valence-corrected chi connectivity index (χ3v) is 9.67. The van der Waals surface area contributed by atoms with Crippen LogP contribution in [0.3, 0.4) is 0 Å². The standard InChI is InChI=1S/C43H48N2O16/c1-24(46)54-23-36-37(57-25(2)47)38(58-26(3)48)39(59-27(4)49)41(61-36)60-29(20-44-42(52)55-21-28-12-6-5-7-13-28)18-19-35(40(50)51)45-43(53)56-22-34-32-16-10-8-14-30(32)31-15-9-11-17-33(31)34/h5-17,29,34-39,41H,18-23H2,1-4H3,(H,44,52)(H,45,53)(H,50,51)/t29?,35-,36+,37-,38-,39+,41+/m0/s1. The normalized spacial score (nSPS) is 20.0. The predicted molar refractivity (Wildman–Crippen MR) is 210 cm³/mol. The Kier molecular flexibility index (Phi) is 16.2. The van der Waals surface area contributed by atoms with E-state index in [9.17, 15) is 38.7 Å². The minimum atomic E-state index is -1.66. The fraction of sp³-hybridized carbons (Fsp3) is 0.419. The summed E-state index contributed by atoms with van der Waals surface area (Å²) in [5.41, 5.74) is 4.64. The fourth-order valence-corrected chi connectivity index (χ4v) is 7.07. The monoisotopic (exact) mass is 848 g/mol. The molecule has 5 rings (SSSR count). The maximum absolute atomic E-state index is 13.1. The lowest BCUT2D eigenvalue weighted by Crippen LogP contribution is -2.63. The fourth-order valence-electron chi connectivity index (χ4n) is 7.07. The van der Waals surface area contributed by atoms with E-state index in [0.717, 1.165) is 49.9 Å². The van der Waals surface area contributed by atoms with Crippen molar-refractivity contribution in [2.45, 2.75) is 95.9 Å². The highest BCUT2D eigenvalue weighted by atomic mass is 16.7. The summed E-state index contributed by atoms with van der Waals surface area (Å²) in [7, 11) is 0. The molecular weight excluding hydrogens is 800 g/mol. The van der Waals surface area contributed by atoms with Crippen LogP contribution in [0.1, 0.15) is 63.1 Å². The molecule has 3 aromatic rings. The number of carboxylic acid groups (broad SMARTS) is 1. The number of hydrogen-bond acceptors (Lipinski definition) is 15. The van der Waals surface area contributed by atoms with Gasteiger partial charge in [-0.25, -0.2) is 14.4 Å². The second kappa shape index (κ2) is 21.6. The van der Waals surface area contributed by atoms with Crippen LogP contribution in [-0.4, -0.2) is 110 Å². The van der Waals surface area contributed by atoms with Gasteiger partial charge in [-0.15, -0.1) is 0 Å². The molecule has 18 nitrogen and oxygen atoms in total. The first-order valence-electron chi connectivity index (χ1n) is 19.4. The van der Waals surface area contributed by atoms with Crippen molar-refractivity contribution in [1.82, 2.24) is 10.6 Å². The zero-order chi connectivity index (χ0) is 44.1. The van der Waals surface area contributed by atoms with Crippen molar-refractivity contribution >= 4 is 42.0 Å². The Balaban J connectivity index is 1.34. The van der Waals surface area contributed by atoms with Crippen LogP contribution in [0.2, 0.25) is 0 Å². The summed E-state index contributed by atoms with van der Waals surface area (Å²) in [6, 6.07) is 22.8. The highest BCUT2D eigenvalue weighted by Crippen LogP contribution is 2.44. The Morgan fingerprint density at radius 1 is 0.639 bits per heavy atom. The molecule has 61 heavy (non-hydrogen) atoms. The van der Waals surface area contributed by atoms with Gasteiger partial charge >= 0.3 is 42.0 Å². The number of benzene rings is 3. The Labute approximate surface area is 351 Å². The van der Waals surface area contributed by atoms with Gasteiger partial charge in [-0.05, 0) is 40.7 Å². The van der Waals surface area contributed by atoms with Crippen LogP contribution in [0.25, 0.3) is 11.1 Å². The highest BCUT2D eigenvalue weighted by Gasteiger charge is 2.53. The summed E-state index contributed by atoms with van der Waals surface area (Å²) >= 11 is 0. The van der Waals surface area contributed by atoms with Gasteiger partial charge in [0.15, 0.2) is 24.6 Å². The number of carbonyl (C=O) groups is 7. The van der Waals surface area contributed by atoms with Crippen LogP contribution in [0.5, 0.6) is 0 Å². The average molecular weight is 849 g/mol. The van der Waals surface area contributed by atoms with E-state index < -0.39 is 91.5 Å². The smallest absolute Gasteiger partial charge is 0.407 e. The third-order valence-electron chi connectivity index (χ3n) is 9.67. The molecule has 0 bridgehead atoms. The molecular formula is C43H48N2O16. The van der Waals surface area contributed by atoms with E-state index in [2.05, 4.69) is 10.6 Å². The SMILES string of the molecule is CC(=O)OC[C@H]1O[C@@H](OC(CC[C@H](NC(=O)OCC2c3ccccc3-c3ccccc32)C(=O)O)CNC(=O)OCc2ccccc2)[C@H](OC(C)=O)[C@@H](OC(C)=O)[C@H]1OC(C)=O. The van der Waals surface area contributed by atoms with Gasteiger partial charge in [0.1, 0.15) is 32.0 Å². The van der Waals surface area contributed by atoms with Gasteiger partial charge < -0.3 is 53.6 Å². The summed E-state index contributed by atoms with van der Waals surface area (Å²) in [6.07, 6.45) is -11.2. The Bertz CT molecular complexity index is 2000. The Morgan fingerprint density at radius 2 is 1.21 bits per heavy atom. The number of amides is 2. The first-order valence-corrected chi connectivity index (χ1v) is 19.4. The van der Waals surface area contributed by atoms with Crippen molar-refractivity contribution in [3.63, 3.8) is 0 Å². The van der Waals surface area contributed by atoms with Crippen LogP contribution in [0.4, 0.5) is 9.59 Å². The van der Waals surface area contributed by atoms with Crippen molar-refractivity contribution in [2.75, 3.05) is 19.8 Å². The molecule has 1 unspecified atom stereocenters. The maximum atomic E-state index is 13.1. The molecule has 0 saturated carbocycles. The number of rotatable bonds is 18. The number of nitrogens with one attached hydrogen (secondary N) is 2. The molecule has 3 N–H and O–H groups in total. The van der Waals surface area contributed by atoms with Gasteiger partial charge in [0.2, 0.25) is 0 Å². The molecule has 18 heteroatoms. The number of carbonyl (C=O) groups excluding carboxylic acids is 6. The molecule has 3 aromatic carbocycles. The number of aliphatic carboxylic acids is 1. The minimum absolute atomic E-state index is 0.0736. The van der Waals surface area contributed by atoms with E-state index in [-0.39, 0.29) is 38.5 Å². The maximum Gasteiger partial charge on any atom is 0.407 e. The van der Waals surface area contributed by atoms with Gasteiger partial charge in [0, 0.05) is 40.2 Å². The number of ether oxygens (including phenoxy) is 8. The van der Waals surface area contributed by atoms with Crippen molar-refractivity contribution in [3.05, 3.63) is 95.6 Å². The number of alkyl carbamates (subject to hydrolysis) is 2. The van der Waals surface area contributed by atoms with Crippen LogP contribution >= 0.6 is 0 Å². The molecule has 1 saturated heterocycles. The first kappa shape index (κ1) is 45.6. The second-order valence-corrected chi connectivity index (χ2v) is 14.2.